The summed E-state index contributed by atoms with van der Waals surface area (Å²) in [5.41, 5.74) is 1.56. The van der Waals surface area contributed by atoms with Crippen LogP contribution in [0.3, 0.4) is 0 Å². The molecule has 1 unspecified atom stereocenters. The molecule has 1 amide bonds. The monoisotopic (exact) mass is 305 g/mol. The molecule has 21 heavy (non-hydrogen) atoms. The van der Waals surface area contributed by atoms with Crippen LogP contribution in [-0.2, 0) is 7.05 Å². The lowest BCUT2D eigenvalue weighted by Crippen LogP contribution is -2.40. The maximum Gasteiger partial charge on any atom is 0.275 e. The van der Waals surface area contributed by atoms with Gasteiger partial charge in [0.15, 0.2) is 5.69 Å². The van der Waals surface area contributed by atoms with Gasteiger partial charge in [0, 0.05) is 31.4 Å². The van der Waals surface area contributed by atoms with E-state index in [1.165, 1.54) is 6.42 Å². The van der Waals surface area contributed by atoms with Crippen LogP contribution in [0, 0.1) is 5.92 Å². The Balaban J connectivity index is 1.86. The number of hydrogen-bond acceptors (Lipinski definition) is 2. The Hall–Kier alpha value is -1.55. The van der Waals surface area contributed by atoms with Crippen LogP contribution in [0.1, 0.15) is 29.8 Å². The van der Waals surface area contributed by atoms with Crippen molar-refractivity contribution in [3.05, 3.63) is 30.0 Å². The maximum absolute atomic E-state index is 12.8. The zero-order chi connectivity index (χ0) is 14.8. The molecule has 0 radical (unpaired) electrons. The highest BCUT2D eigenvalue weighted by Gasteiger charge is 2.27. The molecular weight excluding hydrogens is 286 g/mol. The standard InChI is InChI=1S/C16H20ClN3O/c1-19-14-7-3-2-6-13(14)15(18-19)16(21)20-10-4-5-12(11-20)8-9-17/h2-3,6-7,12H,4-5,8-11H2,1H3. The molecule has 4 nitrogen and oxygen atoms in total. The second-order valence-electron chi connectivity index (χ2n) is 5.73. The topological polar surface area (TPSA) is 38.1 Å². The second kappa shape index (κ2) is 6.06. The minimum Gasteiger partial charge on any atom is -0.337 e. The minimum absolute atomic E-state index is 0.0473. The molecule has 0 N–H and O–H groups in total. The maximum atomic E-state index is 12.8. The van der Waals surface area contributed by atoms with Crippen LogP contribution < -0.4 is 0 Å². The van der Waals surface area contributed by atoms with E-state index >= 15 is 0 Å². The molecule has 0 saturated carbocycles. The van der Waals surface area contributed by atoms with Gasteiger partial charge in [0.1, 0.15) is 0 Å². The third-order valence-corrected chi connectivity index (χ3v) is 4.50. The van der Waals surface area contributed by atoms with E-state index in [9.17, 15) is 4.79 Å². The number of para-hydroxylation sites is 1. The molecule has 1 atom stereocenters. The SMILES string of the molecule is Cn1nc(C(=O)N2CCCC(CCCl)C2)c2ccccc21. The third-order valence-electron chi connectivity index (χ3n) is 4.28. The number of hydrogen-bond donors (Lipinski definition) is 0. The Bertz CT molecular complexity index is 650. The number of benzene rings is 1. The molecule has 0 spiro atoms. The number of aryl methyl sites for hydroxylation is 1. The van der Waals surface area contributed by atoms with Crippen molar-refractivity contribution in [3.63, 3.8) is 0 Å². The lowest BCUT2D eigenvalue weighted by molar-refractivity contribution is 0.0667. The van der Waals surface area contributed by atoms with Gasteiger partial charge in [-0.25, -0.2) is 0 Å². The van der Waals surface area contributed by atoms with Crippen molar-refractivity contribution >= 4 is 28.4 Å². The number of rotatable bonds is 3. The van der Waals surface area contributed by atoms with Gasteiger partial charge in [-0.1, -0.05) is 18.2 Å². The van der Waals surface area contributed by atoms with Gasteiger partial charge in [0.05, 0.1) is 5.52 Å². The van der Waals surface area contributed by atoms with Crippen molar-refractivity contribution in [2.75, 3.05) is 19.0 Å². The summed E-state index contributed by atoms with van der Waals surface area (Å²) in [5, 5.41) is 5.37. The fourth-order valence-electron chi connectivity index (χ4n) is 3.16. The lowest BCUT2D eigenvalue weighted by atomic mass is 9.95. The highest BCUT2D eigenvalue weighted by molar-refractivity contribution is 6.17. The van der Waals surface area contributed by atoms with E-state index in [0.717, 1.165) is 36.8 Å². The first-order valence-corrected chi connectivity index (χ1v) is 8.01. The highest BCUT2D eigenvalue weighted by atomic mass is 35.5. The molecule has 1 aliphatic rings. The molecule has 2 aromatic rings. The van der Waals surface area contributed by atoms with Gasteiger partial charge < -0.3 is 4.90 Å². The number of alkyl halides is 1. The Labute approximate surface area is 129 Å². The quantitative estimate of drug-likeness (QED) is 0.817. The third kappa shape index (κ3) is 2.77. The number of amides is 1. The summed E-state index contributed by atoms with van der Waals surface area (Å²) >= 11 is 5.84. The van der Waals surface area contributed by atoms with Crippen LogP contribution in [0.15, 0.2) is 24.3 Å². The summed E-state index contributed by atoms with van der Waals surface area (Å²) in [5.74, 6) is 1.24. The van der Waals surface area contributed by atoms with Crippen LogP contribution in [0.25, 0.3) is 10.9 Å². The lowest BCUT2D eigenvalue weighted by Gasteiger charge is -2.32. The largest absolute Gasteiger partial charge is 0.337 e. The van der Waals surface area contributed by atoms with E-state index in [0.29, 0.717) is 17.5 Å². The fourth-order valence-corrected chi connectivity index (χ4v) is 3.47. The Morgan fingerprint density at radius 1 is 1.43 bits per heavy atom. The van der Waals surface area contributed by atoms with E-state index in [1.807, 2.05) is 36.2 Å². The number of halogens is 1. The van der Waals surface area contributed by atoms with Gasteiger partial charge in [-0.2, -0.15) is 5.10 Å². The van der Waals surface area contributed by atoms with Gasteiger partial charge in [-0.3, -0.25) is 9.48 Å². The summed E-state index contributed by atoms with van der Waals surface area (Å²) in [7, 11) is 1.88. The number of carbonyl (C=O) groups excluding carboxylic acids is 1. The van der Waals surface area contributed by atoms with Gasteiger partial charge in [-0.05, 0) is 31.2 Å². The van der Waals surface area contributed by atoms with Gasteiger partial charge in [0.25, 0.3) is 5.91 Å². The average Bonchev–Trinajstić information content (AvgIpc) is 2.85. The van der Waals surface area contributed by atoms with Crippen LogP contribution >= 0.6 is 11.6 Å². The van der Waals surface area contributed by atoms with Crippen molar-refractivity contribution in [2.45, 2.75) is 19.3 Å². The normalized spacial score (nSPS) is 19.1. The average molecular weight is 306 g/mol. The predicted octanol–water partition coefficient (Wildman–Crippen LogP) is 3.05. The smallest absolute Gasteiger partial charge is 0.275 e. The van der Waals surface area contributed by atoms with E-state index in [-0.39, 0.29) is 5.91 Å². The van der Waals surface area contributed by atoms with Gasteiger partial charge in [0.2, 0.25) is 0 Å². The molecule has 5 heteroatoms. The second-order valence-corrected chi connectivity index (χ2v) is 6.10. The molecular formula is C16H20ClN3O. The molecule has 112 valence electrons. The number of carbonyl (C=O) groups is 1. The molecule has 1 fully saturated rings. The van der Waals surface area contributed by atoms with Crippen molar-refractivity contribution in [3.8, 4) is 0 Å². The van der Waals surface area contributed by atoms with Crippen LogP contribution in [0.4, 0.5) is 0 Å². The summed E-state index contributed by atoms with van der Waals surface area (Å²) in [6.07, 6.45) is 3.20. The predicted molar refractivity (Wildman–Crippen MR) is 84.7 cm³/mol. The fraction of sp³-hybridized carbons (Fsp3) is 0.500. The van der Waals surface area contributed by atoms with Crippen molar-refractivity contribution in [1.29, 1.82) is 0 Å². The van der Waals surface area contributed by atoms with Crippen molar-refractivity contribution in [2.24, 2.45) is 13.0 Å². The Morgan fingerprint density at radius 2 is 2.24 bits per heavy atom. The molecule has 0 aliphatic carbocycles. The Morgan fingerprint density at radius 3 is 3.05 bits per heavy atom. The van der Waals surface area contributed by atoms with E-state index < -0.39 is 0 Å². The first-order valence-electron chi connectivity index (χ1n) is 7.47. The number of fused-ring (bicyclic) bond motifs is 1. The van der Waals surface area contributed by atoms with Gasteiger partial charge in [-0.15, -0.1) is 11.6 Å². The summed E-state index contributed by atoms with van der Waals surface area (Å²) < 4.78 is 1.78. The summed E-state index contributed by atoms with van der Waals surface area (Å²) in [4.78, 5) is 14.7. The van der Waals surface area contributed by atoms with Gasteiger partial charge >= 0.3 is 0 Å². The first kappa shape index (κ1) is 14.4. The van der Waals surface area contributed by atoms with E-state index in [2.05, 4.69) is 5.10 Å². The molecule has 1 aliphatic heterocycles. The number of aromatic nitrogens is 2. The molecule has 1 saturated heterocycles. The summed E-state index contributed by atoms with van der Waals surface area (Å²) in [6.45, 7) is 1.62. The summed E-state index contributed by atoms with van der Waals surface area (Å²) in [6, 6.07) is 7.88. The molecule has 1 aromatic heterocycles. The number of likely N-dealkylation sites (tertiary alicyclic amines) is 1. The van der Waals surface area contributed by atoms with Crippen LogP contribution in [0.2, 0.25) is 0 Å². The van der Waals surface area contributed by atoms with Crippen LogP contribution in [0.5, 0.6) is 0 Å². The van der Waals surface area contributed by atoms with E-state index in [1.54, 1.807) is 4.68 Å². The highest BCUT2D eigenvalue weighted by Crippen LogP contribution is 2.24. The Kier molecular flexibility index (Phi) is 4.15. The van der Waals surface area contributed by atoms with Crippen molar-refractivity contribution in [1.82, 2.24) is 14.7 Å². The van der Waals surface area contributed by atoms with Crippen molar-refractivity contribution < 1.29 is 4.79 Å². The molecule has 1 aromatic carbocycles. The zero-order valence-corrected chi connectivity index (χ0v) is 13.0. The number of nitrogens with zero attached hydrogens (tertiary/aromatic N) is 3. The first-order chi connectivity index (χ1) is 10.2. The van der Waals surface area contributed by atoms with Crippen LogP contribution in [-0.4, -0.2) is 39.6 Å². The number of piperidine rings is 1. The zero-order valence-electron chi connectivity index (χ0n) is 12.3. The molecule has 2 heterocycles. The minimum atomic E-state index is 0.0473. The van der Waals surface area contributed by atoms with E-state index in [4.69, 9.17) is 11.6 Å². The molecule has 0 bridgehead atoms. The molecule has 3 rings (SSSR count).